The van der Waals surface area contributed by atoms with Gasteiger partial charge in [0, 0.05) is 12.6 Å². The Labute approximate surface area is 128 Å². The Bertz CT molecular complexity index is 404. The zero-order chi connectivity index (χ0) is 14.9. The molecule has 1 fully saturated rings. The third-order valence-electron chi connectivity index (χ3n) is 4.01. The van der Waals surface area contributed by atoms with E-state index in [1.807, 2.05) is 31.2 Å². The summed E-state index contributed by atoms with van der Waals surface area (Å²) in [6, 6.07) is 8.26. The molecule has 0 radical (unpaired) electrons. The minimum atomic E-state index is 0.430. The van der Waals surface area contributed by atoms with Crippen LogP contribution in [0.4, 0.5) is 0 Å². The zero-order valence-electron chi connectivity index (χ0n) is 13.0. The summed E-state index contributed by atoms with van der Waals surface area (Å²) < 4.78 is 11.3. The molecule has 0 unspecified atom stereocenters. The van der Waals surface area contributed by atoms with Gasteiger partial charge in [-0.15, -0.1) is 0 Å². The number of hydrogen-bond acceptors (Lipinski definition) is 4. The van der Waals surface area contributed by atoms with Crippen molar-refractivity contribution in [3.05, 3.63) is 24.3 Å². The Morgan fingerprint density at radius 2 is 1.76 bits per heavy atom. The molecule has 0 aliphatic heterocycles. The SMILES string of the molecule is CCOc1ccccc1OCCNCC1CCC(N)CC1. The molecule has 1 aromatic rings. The molecular weight excluding hydrogens is 264 g/mol. The Morgan fingerprint density at radius 1 is 1.10 bits per heavy atom. The molecule has 4 heteroatoms. The van der Waals surface area contributed by atoms with Gasteiger partial charge in [0.05, 0.1) is 6.61 Å². The molecule has 0 amide bonds. The highest BCUT2D eigenvalue weighted by molar-refractivity contribution is 5.39. The van der Waals surface area contributed by atoms with E-state index in [0.717, 1.165) is 30.5 Å². The molecule has 0 atom stereocenters. The summed E-state index contributed by atoms with van der Waals surface area (Å²) in [6.07, 6.45) is 4.85. The lowest BCUT2D eigenvalue weighted by Crippen LogP contribution is -2.33. The maximum absolute atomic E-state index is 5.92. The lowest BCUT2D eigenvalue weighted by molar-refractivity contribution is 0.266. The van der Waals surface area contributed by atoms with Gasteiger partial charge in [-0.3, -0.25) is 0 Å². The molecule has 2 rings (SSSR count). The Balaban J connectivity index is 1.61. The van der Waals surface area contributed by atoms with E-state index in [-0.39, 0.29) is 0 Å². The van der Waals surface area contributed by atoms with Crippen molar-refractivity contribution in [3.63, 3.8) is 0 Å². The van der Waals surface area contributed by atoms with Gasteiger partial charge in [-0.25, -0.2) is 0 Å². The summed E-state index contributed by atoms with van der Waals surface area (Å²) in [5.41, 5.74) is 5.92. The van der Waals surface area contributed by atoms with Crippen LogP contribution in [0, 0.1) is 5.92 Å². The predicted octanol–water partition coefficient (Wildman–Crippen LogP) is 2.57. The highest BCUT2D eigenvalue weighted by Crippen LogP contribution is 2.26. The molecule has 4 nitrogen and oxygen atoms in total. The van der Waals surface area contributed by atoms with Gasteiger partial charge < -0.3 is 20.5 Å². The maximum Gasteiger partial charge on any atom is 0.161 e. The topological polar surface area (TPSA) is 56.5 Å². The number of nitrogens with one attached hydrogen (secondary N) is 1. The van der Waals surface area contributed by atoms with Crippen LogP contribution in [0.5, 0.6) is 11.5 Å². The van der Waals surface area contributed by atoms with Crippen LogP contribution in [0.25, 0.3) is 0 Å². The van der Waals surface area contributed by atoms with E-state index in [9.17, 15) is 0 Å². The van der Waals surface area contributed by atoms with Crippen molar-refractivity contribution in [2.24, 2.45) is 11.7 Å². The molecule has 1 aliphatic carbocycles. The first-order valence-corrected chi connectivity index (χ1v) is 8.10. The van der Waals surface area contributed by atoms with Gasteiger partial charge in [0.2, 0.25) is 0 Å². The van der Waals surface area contributed by atoms with Crippen LogP contribution in [0.3, 0.4) is 0 Å². The van der Waals surface area contributed by atoms with Gasteiger partial charge in [-0.2, -0.15) is 0 Å². The van der Waals surface area contributed by atoms with Crippen molar-refractivity contribution in [3.8, 4) is 11.5 Å². The van der Waals surface area contributed by atoms with Gasteiger partial charge in [-0.05, 0) is 57.2 Å². The van der Waals surface area contributed by atoms with Gasteiger partial charge in [-0.1, -0.05) is 12.1 Å². The van der Waals surface area contributed by atoms with Crippen LogP contribution in [0.1, 0.15) is 32.6 Å². The second kappa shape index (κ2) is 8.90. The van der Waals surface area contributed by atoms with E-state index in [1.54, 1.807) is 0 Å². The summed E-state index contributed by atoms with van der Waals surface area (Å²) in [4.78, 5) is 0. The molecule has 118 valence electrons. The highest BCUT2D eigenvalue weighted by Gasteiger charge is 2.17. The molecule has 3 N–H and O–H groups in total. The number of para-hydroxylation sites is 2. The lowest BCUT2D eigenvalue weighted by atomic mass is 9.86. The van der Waals surface area contributed by atoms with Crippen molar-refractivity contribution in [2.45, 2.75) is 38.6 Å². The fraction of sp³-hybridized carbons (Fsp3) is 0.647. The first-order valence-electron chi connectivity index (χ1n) is 8.10. The lowest BCUT2D eigenvalue weighted by Gasteiger charge is -2.26. The summed E-state index contributed by atoms with van der Waals surface area (Å²) in [7, 11) is 0. The van der Waals surface area contributed by atoms with Gasteiger partial charge >= 0.3 is 0 Å². The third-order valence-corrected chi connectivity index (χ3v) is 4.01. The summed E-state index contributed by atoms with van der Waals surface area (Å²) in [5, 5.41) is 3.49. The standard InChI is InChI=1S/C17H28N2O2/c1-2-20-16-5-3-4-6-17(16)21-12-11-19-13-14-7-9-15(18)10-8-14/h3-6,14-15,19H,2,7-13,18H2,1H3. The van der Waals surface area contributed by atoms with E-state index < -0.39 is 0 Å². The molecule has 0 bridgehead atoms. The maximum atomic E-state index is 5.92. The second-order valence-corrected chi connectivity index (χ2v) is 5.71. The largest absolute Gasteiger partial charge is 0.490 e. The molecule has 0 heterocycles. The number of ether oxygens (including phenoxy) is 2. The van der Waals surface area contributed by atoms with Crippen molar-refractivity contribution < 1.29 is 9.47 Å². The predicted molar refractivity (Wildman–Crippen MR) is 85.9 cm³/mol. The van der Waals surface area contributed by atoms with Crippen molar-refractivity contribution >= 4 is 0 Å². The number of rotatable bonds is 8. The fourth-order valence-corrected chi connectivity index (χ4v) is 2.78. The van der Waals surface area contributed by atoms with Crippen molar-refractivity contribution in [1.82, 2.24) is 5.32 Å². The van der Waals surface area contributed by atoms with E-state index in [0.29, 0.717) is 19.3 Å². The van der Waals surface area contributed by atoms with Gasteiger partial charge in [0.15, 0.2) is 11.5 Å². The summed E-state index contributed by atoms with van der Waals surface area (Å²) >= 11 is 0. The second-order valence-electron chi connectivity index (χ2n) is 5.71. The summed E-state index contributed by atoms with van der Waals surface area (Å²) in [6.45, 7) is 5.24. The smallest absolute Gasteiger partial charge is 0.161 e. The van der Waals surface area contributed by atoms with E-state index in [1.165, 1.54) is 25.7 Å². The van der Waals surface area contributed by atoms with E-state index in [2.05, 4.69) is 5.32 Å². The minimum Gasteiger partial charge on any atom is -0.490 e. The van der Waals surface area contributed by atoms with Crippen LogP contribution in [0.2, 0.25) is 0 Å². The van der Waals surface area contributed by atoms with Crippen molar-refractivity contribution in [2.75, 3.05) is 26.3 Å². The minimum absolute atomic E-state index is 0.430. The summed E-state index contributed by atoms with van der Waals surface area (Å²) in [5.74, 6) is 2.42. The average Bonchev–Trinajstić information content (AvgIpc) is 2.51. The molecule has 21 heavy (non-hydrogen) atoms. The van der Waals surface area contributed by atoms with Gasteiger partial charge in [0.1, 0.15) is 6.61 Å². The molecule has 1 aliphatic rings. The average molecular weight is 292 g/mol. The molecule has 0 aromatic heterocycles. The number of hydrogen-bond donors (Lipinski definition) is 2. The van der Waals surface area contributed by atoms with Crippen LogP contribution >= 0.6 is 0 Å². The first kappa shape index (κ1) is 16.1. The van der Waals surface area contributed by atoms with Crippen LogP contribution in [0.15, 0.2) is 24.3 Å². The molecule has 0 spiro atoms. The molecular formula is C17H28N2O2. The van der Waals surface area contributed by atoms with Crippen molar-refractivity contribution in [1.29, 1.82) is 0 Å². The van der Waals surface area contributed by atoms with Gasteiger partial charge in [0.25, 0.3) is 0 Å². The molecule has 1 aromatic carbocycles. The molecule has 0 saturated heterocycles. The number of benzene rings is 1. The number of nitrogens with two attached hydrogens (primary N) is 1. The van der Waals surface area contributed by atoms with E-state index >= 15 is 0 Å². The normalized spacial score (nSPS) is 22.0. The fourth-order valence-electron chi connectivity index (χ4n) is 2.78. The highest BCUT2D eigenvalue weighted by atomic mass is 16.5. The van der Waals surface area contributed by atoms with Crippen LogP contribution in [-0.4, -0.2) is 32.3 Å². The molecule has 1 saturated carbocycles. The Hall–Kier alpha value is -1.26. The Morgan fingerprint density at radius 3 is 2.43 bits per heavy atom. The quantitative estimate of drug-likeness (QED) is 0.723. The zero-order valence-corrected chi connectivity index (χ0v) is 13.0. The monoisotopic (exact) mass is 292 g/mol. The Kier molecular flexibility index (Phi) is 6.83. The van der Waals surface area contributed by atoms with E-state index in [4.69, 9.17) is 15.2 Å². The van der Waals surface area contributed by atoms with Crippen LogP contribution in [-0.2, 0) is 0 Å². The third kappa shape index (κ3) is 5.56. The van der Waals surface area contributed by atoms with Crippen LogP contribution < -0.4 is 20.5 Å². The first-order chi connectivity index (χ1) is 10.3.